The van der Waals surface area contributed by atoms with E-state index in [2.05, 4.69) is 161 Å². The molecule has 1 aliphatic carbocycles. The van der Waals surface area contributed by atoms with Crippen LogP contribution in [0.3, 0.4) is 0 Å². The molecule has 186 valence electrons. The third kappa shape index (κ3) is 6.97. The van der Waals surface area contributed by atoms with Crippen molar-refractivity contribution in [3.8, 4) is 11.1 Å². The fourth-order valence-electron chi connectivity index (χ4n) is 4.56. The summed E-state index contributed by atoms with van der Waals surface area (Å²) >= 11 is 1.46. The van der Waals surface area contributed by atoms with Crippen LogP contribution in [0.1, 0.15) is 38.8 Å². The van der Waals surface area contributed by atoms with Crippen LogP contribution in [0.25, 0.3) is 21.9 Å². The zero-order valence-electron chi connectivity index (χ0n) is 22.7. The Kier molecular flexibility index (Phi) is 9.86. The Morgan fingerprint density at radius 3 is 1.66 bits per heavy atom. The summed E-state index contributed by atoms with van der Waals surface area (Å²) in [6.07, 6.45) is 3.36. The molecule has 0 bridgehead atoms. The number of hydrogen-bond acceptors (Lipinski definition) is 0. The molecule has 1 atom stereocenters. The Labute approximate surface area is 243 Å². The minimum atomic E-state index is 0.560. The van der Waals surface area contributed by atoms with E-state index in [1.165, 1.54) is 77.2 Å². The summed E-state index contributed by atoms with van der Waals surface area (Å²) in [6, 6.07) is 44.5. The summed E-state index contributed by atoms with van der Waals surface area (Å²) in [7, 11) is 0. The molecule has 0 spiro atoms. The first-order chi connectivity index (χ1) is 18.5. The van der Waals surface area contributed by atoms with Crippen molar-refractivity contribution in [1.82, 2.24) is 0 Å². The van der Waals surface area contributed by atoms with Crippen LogP contribution >= 0.6 is 0 Å². The van der Waals surface area contributed by atoms with E-state index in [0.717, 1.165) is 0 Å². The third-order valence-electron chi connectivity index (χ3n) is 7.13. The second-order valence-electron chi connectivity index (χ2n) is 9.61. The smallest absolute Gasteiger partial charge is 0.0623 e. The fraction of sp³-hybridized carbons (Fsp3) is 0.135. The topological polar surface area (TPSA) is 0 Å². The molecule has 1 unspecified atom stereocenters. The van der Waals surface area contributed by atoms with Gasteiger partial charge in [0.05, 0.1) is 0 Å². The average molecular weight is 570 g/mol. The summed E-state index contributed by atoms with van der Waals surface area (Å²) in [6.45, 7) is 8.67. The van der Waals surface area contributed by atoms with Gasteiger partial charge in [-0.2, -0.15) is 11.1 Å². The summed E-state index contributed by atoms with van der Waals surface area (Å²) in [5.74, 6) is 0.560. The van der Waals surface area contributed by atoms with E-state index in [9.17, 15) is 0 Å². The van der Waals surface area contributed by atoms with Gasteiger partial charge in [0, 0.05) is 0 Å². The monoisotopic (exact) mass is 568 g/mol. The minimum absolute atomic E-state index is 0.560. The zero-order chi connectivity index (χ0) is 26.9. The molecule has 38 heavy (non-hydrogen) atoms. The van der Waals surface area contributed by atoms with Crippen molar-refractivity contribution in [3.63, 3.8) is 0 Å². The predicted molar refractivity (Wildman–Crippen MR) is 161 cm³/mol. The Hall–Kier alpha value is -3.28. The van der Waals surface area contributed by atoms with Gasteiger partial charge in [-0.3, -0.25) is 6.08 Å². The van der Waals surface area contributed by atoms with Gasteiger partial charge in [-0.25, -0.2) is 5.57 Å². The van der Waals surface area contributed by atoms with Crippen molar-refractivity contribution in [2.75, 3.05) is 0 Å². The molecule has 0 saturated carbocycles. The largest absolute Gasteiger partial charge is 0.150 e. The van der Waals surface area contributed by atoms with Crippen LogP contribution in [-0.2, 0) is 24.2 Å². The summed E-state index contributed by atoms with van der Waals surface area (Å²) in [4.78, 5) is 0. The van der Waals surface area contributed by atoms with Gasteiger partial charge in [0.2, 0.25) is 0 Å². The standard InChI is InChI=1S/C15H11.C13H10.C9H13.Zr/c1-2-6-12(7-3-1)15-11-10-13-8-4-5-9-14(13)15;1-3-7-12(8-4-1)11-13-9-5-2-6-10-13;1-6-5-7(2)9(4)8(6)3;/h1-11H;1-10H;6H,1-4H3;/q-1;;-1;+2. The number of fused-ring (bicyclic) bond motifs is 1. The number of hydrogen-bond donors (Lipinski definition) is 0. The second-order valence-corrected chi connectivity index (χ2v) is 10.8. The van der Waals surface area contributed by atoms with Gasteiger partial charge in [0.25, 0.3) is 0 Å². The quantitative estimate of drug-likeness (QED) is 0.190. The van der Waals surface area contributed by atoms with Gasteiger partial charge in [-0.15, -0.1) is 53.6 Å². The van der Waals surface area contributed by atoms with Crippen molar-refractivity contribution in [1.29, 1.82) is 0 Å². The molecule has 6 rings (SSSR count). The Morgan fingerprint density at radius 1 is 0.684 bits per heavy atom. The summed E-state index contributed by atoms with van der Waals surface area (Å²) in [5.41, 5.74) is 9.52. The van der Waals surface area contributed by atoms with E-state index in [0.29, 0.717) is 5.92 Å². The molecule has 5 aromatic rings. The molecule has 0 radical (unpaired) electrons. The number of rotatable bonds is 3. The zero-order valence-corrected chi connectivity index (χ0v) is 25.2. The number of benzene rings is 4. The first-order valence-corrected chi connectivity index (χ1v) is 14.4. The molecule has 0 fully saturated rings. The average Bonchev–Trinajstić information content (AvgIpc) is 3.51. The Bertz CT molecular complexity index is 1490. The van der Waals surface area contributed by atoms with Gasteiger partial charge < -0.3 is 0 Å². The molecule has 0 aromatic heterocycles. The molecule has 0 nitrogen and oxygen atoms in total. The molecule has 0 aliphatic heterocycles. The van der Waals surface area contributed by atoms with E-state index in [4.69, 9.17) is 0 Å². The molecule has 1 heteroatoms. The van der Waals surface area contributed by atoms with Gasteiger partial charge in [0.15, 0.2) is 0 Å². The maximum atomic E-state index is 3.36. The van der Waals surface area contributed by atoms with Crippen LogP contribution in [0.4, 0.5) is 0 Å². The molecule has 1 aliphatic rings. The number of allylic oxidation sites excluding steroid dienone is 4. The molecule has 0 amide bonds. The maximum Gasteiger partial charge on any atom is -0.0623 e. The molecule has 0 N–H and O–H groups in total. The normalized spacial score (nSPS) is 14.3. The van der Waals surface area contributed by atoms with Crippen LogP contribution in [0.2, 0.25) is 0 Å². The van der Waals surface area contributed by atoms with E-state index < -0.39 is 0 Å². The Balaban J connectivity index is 0.000000137. The first-order valence-electron chi connectivity index (χ1n) is 13.1. The molecular formula is C37H34Zr. The maximum absolute atomic E-state index is 3.36. The third-order valence-corrected chi connectivity index (χ3v) is 8.55. The van der Waals surface area contributed by atoms with Crippen LogP contribution < -0.4 is 0 Å². The van der Waals surface area contributed by atoms with Gasteiger partial charge in [0.1, 0.15) is 0 Å². The van der Waals surface area contributed by atoms with Gasteiger partial charge in [-0.1, -0.05) is 68.7 Å². The SMILES string of the molecule is CC1=[C-]C(C)C(C)=C1C.[Zr+2]=[C](c1ccccc1)c1ccccc1.c1ccc(-c2c[cH-]c3ccccc23)cc1. The molecular weight excluding hydrogens is 536 g/mol. The minimum Gasteiger partial charge on any atom is -0.150 e. The van der Waals surface area contributed by atoms with Crippen molar-refractivity contribution >= 4 is 14.0 Å². The predicted octanol–water partition coefficient (Wildman–Crippen LogP) is 9.75. The van der Waals surface area contributed by atoms with Crippen molar-refractivity contribution in [2.45, 2.75) is 27.7 Å². The fourth-order valence-corrected chi connectivity index (χ4v) is 5.38. The van der Waals surface area contributed by atoms with Crippen LogP contribution in [0, 0.1) is 12.0 Å². The molecule has 0 heterocycles. The van der Waals surface area contributed by atoms with Crippen LogP contribution in [0.5, 0.6) is 0 Å². The van der Waals surface area contributed by atoms with Crippen molar-refractivity contribution in [2.24, 2.45) is 5.92 Å². The van der Waals surface area contributed by atoms with E-state index in [1.807, 2.05) is 0 Å². The van der Waals surface area contributed by atoms with Crippen molar-refractivity contribution in [3.05, 3.63) is 161 Å². The van der Waals surface area contributed by atoms with Crippen LogP contribution in [-0.4, -0.2) is 3.21 Å². The summed E-state index contributed by atoms with van der Waals surface area (Å²) < 4.78 is 1.42. The first kappa shape index (κ1) is 27.7. The Morgan fingerprint density at radius 2 is 1.18 bits per heavy atom. The van der Waals surface area contributed by atoms with Crippen molar-refractivity contribution < 1.29 is 24.2 Å². The summed E-state index contributed by atoms with van der Waals surface area (Å²) in [5, 5.41) is 2.65. The molecule has 0 saturated heterocycles. The van der Waals surface area contributed by atoms with E-state index in [1.54, 1.807) is 0 Å². The van der Waals surface area contributed by atoms with Crippen LogP contribution in [0.15, 0.2) is 144 Å². The van der Waals surface area contributed by atoms with E-state index >= 15 is 0 Å². The van der Waals surface area contributed by atoms with Gasteiger partial charge >= 0.3 is 99.2 Å². The van der Waals surface area contributed by atoms with Gasteiger partial charge in [-0.05, 0) is 0 Å². The molecule has 5 aromatic carbocycles. The second kappa shape index (κ2) is 13.5. The van der Waals surface area contributed by atoms with E-state index in [-0.39, 0.29) is 0 Å².